The van der Waals surface area contributed by atoms with Crippen molar-refractivity contribution in [1.82, 2.24) is 9.97 Å². The zero-order valence-corrected chi connectivity index (χ0v) is 17.9. The van der Waals surface area contributed by atoms with Crippen molar-refractivity contribution in [2.75, 3.05) is 25.1 Å². The predicted molar refractivity (Wildman–Crippen MR) is 116 cm³/mol. The van der Waals surface area contributed by atoms with Crippen LogP contribution in [0.15, 0.2) is 29.6 Å². The maximum atomic E-state index is 5.31. The minimum Gasteiger partial charge on any atom is -0.497 e. The standard InChI is InChI=1S/C22H29N3OS/c1-14(2)11-25(12-15(3)4)21-20-19(13-27-22(20)24-16(5)23-21)17-7-9-18(26-6)10-8-17/h7-10,13-15H,11-12H2,1-6H3. The van der Waals surface area contributed by atoms with Gasteiger partial charge in [0.05, 0.1) is 12.5 Å². The van der Waals surface area contributed by atoms with Crippen LogP contribution in [0, 0.1) is 18.8 Å². The molecule has 0 fully saturated rings. The number of nitrogens with zero attached hydrogens (tertiary/aromatic N) is 3. The van der Waals surface area contributed by atoms with E-state index >= 15 is 0 Å². The maximum Gasteiger partial charge on any atom is 0.141 e. The molecule has 0 bridgehead atoms. The lowest BCUT2D eigenvalue weighted by Crippen LogP contribution is -2.32. The van der Waals surface area contributed by atoms with Gasteiger partial charge in [0.1, 0.15) is 22.2 Å². The number of thiophene rings is 1. The van der Waals surface area contributed by atoms with E-state index in [9.17, 15) is 0 Å². The van der Waals surface area contributed by atoms with Crippen LogP contribution in [0.4, 0.5) is 5.82 Å². The molecular weight excluding hydrogens is 354 g/mol. The third-order valence-corrected chi connectivity index (χ3v) is 5.27. The van der Waals surface area contributed by atoms with Crippen LogP contribution in [0.25, 0.3) is 21.3 Å². The molecule has 3 rings (SSSR count). The number of aromatic nitrogens is 2. The summed E-state index contributed by atoms with van der Waals surface area (Å²) >= 11 is 1.69. The predicted octanol–water partition coefficient (Wildman–Crippen LogP) is 5.79. The number of anilines is 1. The minimum absolute atomic E-state index is 0.567. The molecule has 0 amide bonds. The molecule has 2 aromatic heterocycles. The summed E-state index contributed by atoms with van der Waals surface area (Å²) in [5, 5.41) is 3.37. The monoisotopic (exact) mass is 383 g/mol. The van der Waals surface area contributed by atoms with Gasteiger partial charge < -0.3 is 9.64 Å². The molecule has 2 heterocycles. The average Bonchev–Trinajstić information content (AvgIpc) is 3.03. The van der Waals surface area contributed by atoms with E-state index in [-0.39, 0.29) is 0 Å². The second kappa shape index (κ2) is 8.26. The normalized spacial score (nSPS) is 11.6. The molecule has 0 unspecified atom stereocenters. The molecule has 27 heavy (non-hydrogen) atoms. The average molecular weight is 384 g/mol. The first-order chi connectivity index (χ1) is 12.9. The Hall–Kier alpha value is -2.14. The maximum absolute atomic E-state index is 5.31. The van der Waals surface area contributed by atoms with Gasteiger partial charge in [0.2, 0.25) is 0 Å². The summed E-state index contributed by atoms with van der Waals surface area (Å²) in [6.07, 6.45) is 0. The lowest BCUT2D eigenvalue weighted by atomic mass is 10.0. The van der Waals surface area contributed by atoms with Crippen LogP contribution >= 0.6 is 11.3 Å². The van der Waals surface area contributed by atoms with E-state index in [1.165, 1.54) is 11.1 Å². The SMILES string of the molecule is COc1ccc(-c2csc3nc(C)nc(N(CC(C)C)CC(C)C)c23)cc1. The van der Waals surface area contributed by atoms with Gasteiger partial charge in [0, 0.05) is 24.0 Å². The third-order valence-electron chi connectivity index (χ3n) is 4.40. The van der Waals surface area contributed by atoms with Crippen LogP contribution < -0.4 is 9.64 Å². The molecule has 1 aromatic carbocycles. The van der Waals surface area contributed by atoms with Crippen LogP contribution in [-0.4, -0.2) is 30.2 Å². The Morgan fingerprint density at radius 1 is 1.00 bits per heavy atom. The number of aryl methyl sites for hydroxylation is 1. The molecule has 144 valence electrons. The van der Waals surface area contributed by atoms with Crippen molar-refractivity contribution in [3.05, 3.63) is 35.5 Å². The molecule has 0 radical (unpaired) electrons. The first-order valence-electron chi connectivity index (χ1n) is 9.54. The van der Waals surface area contributed by atoms with Crippen LogP contribution in [0.2, 0.25) is 0 Å². The first kappa shape index (κ1) is 19.6. The molecule has 3 aromatic rings. The molecule has 0 aliphatic rings. The molecule has 0 aliphatic heterocycles. The summed E-state index contributed by atoms with van der Waals surface area (Å²) in [6.45, 7) is 13.0. The topological polar surface area (TPSA) is 38.3 Å². The summed E-state index contributed by atoms with van der Waals surface area (Å²) in [6, 6.07) is 8.24. The van der Waals surface area contributed by atoms with Gasteiger partial charge in [-0.3, -0.25) is 0 Å². The summed E-state index contributed by atoms with van der Waals surface area (Å²) < 4.78 is 5.31. The number of fused-ring (bicyclic) bond motifs is 1. The quantitative estimate of drug-likeness (QED) is 0.517. The van der Waals surface area contributed by atoms with E-state index in [2.05, 4.69) is 50.1 Å². The number of methoxy groups -OCH3 is 1. The number of rotatable bonds is 7. The van der Waals surface area contributed by atoms with Crippen molar-refractivity contribution in [1.29, 1.82) is 0 Å². The molecule has 0 aliphatic carbocycles. The van der Waals surface area contributed by atoms with E-state index in [1.807, 2.05) is 19.1 Å². The summed E-state index contributed by atoms with van der Waals surface area (Å²) in [7, 11) is 1.69. The van der Waals surface area contributed by atoms with Gasteiger partial charge in [0.15, 0.2) is 0 Å². The van der Waals surface area contributed by atoms with Gasteiger partial charge in [-0.15, -0.1) is 11.3 Å². The lowest BCUT2D eigenvalue weighted by molar-refractivity contribution is 0.415. The number of benzene rings is 1. The van der Waals surface area contributed by atoms with Gasteiger partial charge >= 0.3 is 0 Å². The van der Waals surface area contributed by atoms with Gasteiger partial charge in [0.25, 0.3) is 0 Å². The highest BCUT2D eigenvalue weighted by Gasteiger charge is 2.20. The zero-order valence-electron chi connectivity index (χ0n) is 17.1. The van der Waals surface area contributed by atoms with Crippen LogP contribution in [-0.2, 0) is 0 Å². The molecule has 0 atom stereocenters. The molecule has 0 N–H and O–H groups in total. The van der Waals surface area contributed by atoms with Crippen molar-refractivity contribution >= 4 is 27.4 Å². The van der Waals surface area contributed by atoms with E-state index in [0.29, 0.717) is 11.8 Å². The molecular formula is C22H29N3OS. The van der Waals surface area contributed by atoms with E-state index in [0.717, 1.165) is 40.7 Å². The first-order valence-corrected chi connectivity index (χ1v) is 10.4. The molecule has 4 nitrogen and oxygen atoms in total. The number of ether oxygens (including phenoxy) is 1. The molecule has 0 saturated heterocycles. The fraction of sp³-hybridized carbons (Fsp3) is 0.455. The van der Waals surface area contributed by atoms with Gasteiger partial charge in [-0.2, -0.15) is 0 Å². The van der Waals surface area contributed by atoms with Crippen LogP contribution in [0.1, 0.15) is 33.5 Å². The van der Waals surface area contributed by atoms with E-state index in [1.54, 1.807) is 18.4 Å². The summed E-state index contributed by atoms with van der Waals surface area (Å²) in [5.74, 6) is 3.89. The van der Waals surface area contributed by atoms with E-state index in [4.69, 9.17) is 14.7 Å². The van der Waals surface area contributed by atoms with Gasteiger partial charge in [-0.25, -0.2) is 9.97 Å². The molecule has 5 heteroatoms. The van der Waals surface area contributed by atoms with E-state index < -0.39 is 0 Å². The highest BCUT2D eigenvalue weighted by atomic mass is 32.1. The van der Waals surface area contributed by atoms with Crippen molar-refractivity contribution in [2.24, 2.45) is 11.8 Å². The second-order valence-electron chi connectivity index (χ2n) is 7.85. The van der Waals surface area contributed by atoms with Crippen LogP contribution in [0.3, 0.4) is 0 Å². The highest BCUT2D eigenvalue weighted by Crippen LogP contribution is 2.39. The van der Waals surface area contributed by atoms with Crippen LogP contribution in [0.5, 0.6) is 5.75 Å². The smallest absolute Gasteiger partial charge is 0.141 e. The lowest BCUT2D eigenvalue weighted by Gasteiger charge is -2.28. The van der Waals surface area contributed by atoms with Crippen molar-refractivity contribution in [2.45, 2.75) is 34.6 Å². The Balaban J connectivity index is 2.16. The highest BCUT2D eigenvalue weighted by molar-refractivity contribution is 7.17. The number of hydrogen-bond donors (Lipinski definition) is 0. The largest absolute Gasteiger partial charge is 0.497 e. The Morgan fingerprint density at radius 3 is 2.19 bits per heavy atom. The van der Waals surface area contributed by atoms with Crippen molar-refractivity contribution in [3.8, 4) is 16.9 Å². The Kier molecular flexibility index (Phi) is 6.00. The fourth-order valence-corrected chi connectivity index (χ4v) is 4.36. The van der Waals surface area contributed by atoms with Gasteiger partial charge in [-0.05, 0) is 36.5 Å². The molecule has 0 saturated carbocycles. The van der Waals surface area contributed by atoms with Gasteiger partial charge in [-0.1, -0.05) is 39.8 Å². The Morgan fingerprint density at radius 2 is 1.63 bits per heavy atom. The fourth-order valence-electron chi connectivity index (χ4n) is 3.37. The molecule has 0 spiro atoms. The van der Waals surface area contributed by atoms with Crippen molar-refractivity contribution < 1.29 is 4.74 Å². The minimum atomic E-state index is 0.567. The van der Waals surface area contributed by atoms with Crippen molar-refractivity contribution in [3.63, 3.8) is 0 Å². The third kappa shape index (κ3) is 4.41. The number of hydrogen-bond acceptors (Lipinski definition) is 5. The summed E-state index contributed by atoms with van der Waals surface area (Å²) in [5.41, 5.74) is 2.37. The zero-order chi connectivity index (χ0) is 19.6. The second-order valence-corrected chi connectivity index (χ2v) is 8.70. The Labute approximate surface area is 166 Å². The summed E-state index contributed by atoms with van der Waals surface area (Å²) in [4.78, 5) is 13.1. The Bertz CT molecular complexity index is 890.